The van der Waals surface area contributed by atoms with Crippen LogP contribution in [0.4, 0.5) is 0 Å². The largest absolute Gasteiger partial charge is 0.303 e. The number of nitrogens with zero attached hydrogens (tertiary/aromatic N) is 3. The van der Waals surface area contributed by atoms with Crippen molar-refractivity contribution in [2.24, 2.45) is 5.92 Å². The Bertz CT molecular complexity index is 275. The average molecular weight is 213 g/mol. The Labute approximate surface area is 87.4 Å². The van der Waals surface area contributed by atoms with Crippen molar-refractivity contribution in [3.05, 3.63) is 5.82 Å². The molecule has 0 radical (unpaired) electrons. The SMILES string of the molecule is CC(NC1CSCC1C)c1nn[nH]n1. The Balaban J connectivity index is 1.91. The summed E-state index contributed by atoms with van der Waals surface area (Å²) in [7, 11) is 0. The van der Waals surface area contributed by atoms with Crippen LogP contribution in [0.15, 0.2) is 0 Å². The molecule has 1 aliphatic heterocycles. The van der Waals surface area contributed by atoms with E-state index in [-0.39, 0.29) is 6.04 Å². The Morgan fingerprint density at radius 3 is 3.00 bits per heavy atom. The van der Waals surface area contributed by atoms with Crippen molar-refractivity contribution in [2.45, 2.75) is 25.9 Å². The van der Waals surface area contributed by atoms with Gasteiger partial charge in [0.1, 0.15) is 0 Å². The van der Waals surface area contributed by atoms with E-state index in [2.05, 4.69) is 39.8 Å². The Hall–Kier alpha value is -0.620. The molecule has 0 spiro atoms. The van der Waals surface area contributed by atoms with Gasteiger partial charge in [-0.2, -0.15) is 17.0 Å². The van der Waals surface area contributed by atoms with Gasteiger partial charge in [0.15, 0.2) is 5.82 Å². The first-order valence-electron chi connectivity index (χ1n) is 4.84. The predicted molar refractivity (Wildman–Crippen MR) is 56.0 cm³/mol. The van der Waals surface area contributed by atoms with Gasteiger partial charge in [-0.25, -0.2) is 0 Å². The minimum Gasteiger partial charge on any atom is -0.303 e. The third kappa shape index (κ3) is 2.06. The number of nitrogens with one attached hydrogen (secondary N) is 2. The molecule has 3 atom stereocenters. The summed E-state index contributed by atoms with van der Waals surface area (Å²) in [5, 5.41) is 17.5. The molecule has 14 heavy (non-hydrogen) atoms. The number of rotatable bonds is 3. The number of aromatic nitrogens is 4. The van der Waals surface area contributed by atoms with Crippen LogP contribution < -0.4 is 5.32 Å². The van der Waals surface area contributed by atoms with E-state index in [0.29, 0.717) is 6.04 Å². The lowest BCUT2D eigenvalue weighted by atomic mass is 10.1. The third-order valence-electron chi connectivity index (χ3n) is 2.58. The van der Waals surface area contributed by atoms with Crippen LogP contribution in [0, 0.1) is 5.92 Å². The standard InChI is InChI=1S/C8H15N5S/c1-5-3-14-4-7(5)9-6(2)8-10-12-13-11-8/h5-7,9H,3-4H2,1-2H3,(H,10,11,12,13). The molecular formula is C8H15N5S. The lowest BCUT2D eigenvalue weighted by Crippen LogP contribution is -2.36. The number of hydrogen-bond acceptors (Lipinski definition) is 5. The number of aromatic amines is 1. The van der Waals surface area contributed by atoms with E-state index in [0.717, 1.165) is 11.7 Å². The van der Waals surface area contributed by atoms with Gasteiger partial charge in [-0.1, -0.05) is 12.1 Å². The van der Waals surface area contributed by atoms with Gasteiger partial charge in [-0.15, -0.1) is 10.2 Å². The maximum Gasteiger partial charge on any atom is 0.191 e. The number of H-pyrrole nitrogens is 1. The molecule has 0 saturated carbocycles. The molecule has 0 aromatic carbocycles. The lowest BCUT2D eigenvalue weighted by Gasteiger charge is -2.19. The van der Waals surface area contributed by atoms with Gasteiger partial charge in [0, 0.05) is 11.8 Å². The predicted octanol–water partition coefficient (Wildman–Crippen LogP) is 0.602. The van der Waals surface area contributed by atoms with Crippen molar-refractivity contribution >= 4 is 11.8 Å². The highest BCUT2D eigenvalue weighted by Gasteiger charge is 2.26. The lowest BCUT2D eigenvalue weighted by molar-refractivity contribution is 0.402. The van der Waals surface area contributed by atoms with Gasteiger partial charge >= 0.3 is 0 Å². The summed E-state index contributed by atoms with van der Waals surface area (Å²) in [4.78, 5) is 0. The van der Waals surface area contributed by atoms with Crippen molar-refractivity contribution < 1.29 is 0 Å². The van der Waals surface area contributed by atoms with Crippen molar-refractivity contribution in [1.29, 1.82) is 0 Å². The molecule has 78 valence electrons. The molecule has 0 bridgehead atoms. The van der Waals surface area contributed by atoms with Crippen molar-refractivity contribution in [2.75, 3.05) is 11.5 Å². The van der Waals surface area contributed by atoms with Crippen LogP contribution in [0.2, 0.25) is 0 Å². The Morgan fingerprint density at radius 1 is 1.57 bits per heavy atom. The summed E-state index contributed by atoms with van der Waals surface area (Å²) >= 11 is 2.00. The molecule has 2 N–H and O–H groups in total. The number of thioether (sulfide) groups is 1. The molecule has 5 nitrogen and oxygen atoms in total. The molecule has 1 aromatic heterocycles. The first-order valence-corrected chi connectivity index (χ1v) is 6.00. The highest BCUT2D eigenvalue weighted by Crippen LogP contribution is 2.25. The highest BCUT2D eigenvalue weighted by molar-refractivity contribution is 7.99. The first-order chi connectivity index (χ1) is 6.77. The van der Waals surface area contributed by atoms with Crippen molar-refractivity contribution in [3.63, 3.8) is 0 Å². The van der Waals surface area contributed by atoms with Gasteiger partial charge in [0.2, 0.25) is 0 Å². The minimum atomic E-state index is 0.180. The van der Waals surface area contributed by atoms with E-state index >= 15 is 0 Å². The average Bonchev–Trinajstić information content (AvgIpc) is 2.77. The monoisotopic (exact) mass is 213 g/mol. The second-order valence-corrected chi connectivity index (χ2v) is 4.85. The van der Waals surface area contributed by atoms with Crippen molar-refractivity contribution in [1.82, 2.24) is 25.9 Å². The van der Waals surface area contributed by atoms with Crippen LogP contribution in [-0.2, 0) is 0 Å². The van der Waals surface area contributed by atoms with Gasteiger partial charge in [0.25, 0.3) is 0 Å². The van der Waals surface area contributed by atoms with E-state index in [1.54, 1.807) is 0 Å². The number of hydrogen-bond donors (Lipinski definition) is 2. The van der Waals surface area contributed by atoms with E-state index in [4.69, 9.17) is 0 Å². The molecule has 1 aromatic rings. The van der Waals surface area contributed by atoms with Crippen LogP contribution in [0.3, 0.4) is 0 Å². The minimum absolute atomic E-state index is 0.180. The summed E-state index contributed by atoms with van der Waals surface area (Å²) in [6, 6.07) is 0.758. The summed E-state index contributed by atoms with van der Waals surface area (Å²) in [5.41, 5.74) is 0. The normalized spacial score (nSPS) is 29.3. The van der Waals surface area contributed by atoms with Gasteiger partial charge < -0.3 is 5.32 Å². The molecule has 1 fully saturated rings. The van der Waals surface area contributed by atoms with Gasteiger partial charge in [-0.05, 0) is 18.6 Å². The third-order valence-corrected chi connectivity index (χ3v) is 3.93. The molecule has 1 saturated heterocycles. The van der Waals surface area contributed by atoms with Crippen molar-refractivity contribution in [3.8, 4) is 0 Å². The fourth-order valence-corrected chi connectivity index (χ4v) is 3.04. The van der Waals surface area contributed by atoms with Gasteiger partial charge in [-0.3, -0.25) is 0 Å². The smallest absolute Gasteiger partial charge is 0.191 e. The fraction of sp³-hybridized carbons (Fsp3) is 0.875. The zero-order chi connectivity index (χ0) is 9.97. The molecule has 0 aliphatic carbocycles. The van der Waals surface area contributed by atoms with Crippen LogP contribution in [0.25, 0.3) is 0 Å². The molecule has 6 heteroatoms. The maximum absolute atomic E-state index is 3.97. The molecule has 3 unspecified atom stereocenters. The van der Waals surface area contributed by atoms with E-state index in [1.807, 2.05) is 11.8 Å². The second kappa shape index (κ2) is 4.27. The quantitative estimate of drug-likeness (QED) is 0.769. The summed E-state index contributed by atoms with van der Waals surface area (Å²) in [6.07, 6.45) is 0. The Morgan fingerprint density at radius 2 is 2.43 bits per heavy atom. The second-order valence-electron chi connectivity index (χ2n) is 3.78. The summed E-state index contributed by atoms with van der Waals surface area (Å²) in [6.45, 7) is 4.35. The highest BCUT2D eigenvalue weighted by atomic mass is 32.2. The van der Waals surface area contributed by atoms with Gasteiger partial charge in [0.05, 0.1) is 6.04 Å². The summed E-state index contributed by atoms with van der Waals surface area (Å²) in [5.74, 6) is 3.91. The summed E-state index contributed by atoms with van der Waals surface area (Å²) < 4.78 is 0. The van der Waals surface area contributed by atoms with E-state index < -0.39 is 0 Å². The molecular weight excluding hydrogens is 198 g/mol. The first kappa shape index (κ1) is 9.92. The van der Waals surface area contributed by atoms with Crippen LogP contribution in [0.1, 0.15) is 25.7 Å². The van der Waals surface area contributed by atoms with E-state index in [9.17, 15) is 0 Å². The maximum atomic E-state index is 3.97. The topological polar surface area (TPSA) is 66.5 Å². The molecule has 0 amide bonds. The molecule has 2 heterocycles. The fourth-order valence-electron chi connectivity index (χ4n) is 1.62. The molecule has 2 rings (SSSR count). The number of tetrazole rings is 1. The van der Waals surface area contributed by atoms with E-state index in [1.165, 1.54) is 11.5 Å². The van der Waals surface area contributed by atoms with Crippen LogP contribution >= 0.6 is 11.8 Å². The zero-order valence-electron chi connectivity index (χ0n) is 8.40. The molecule has 1 aliphatic rings. The van der Waals surface area contributed by atoms with Crippen LogP contribution in [-0.4, -0.2) is 38.2 Å². The Kier molecular flexibility index (Phi) is 3.02. The zero-order valence-corrected chi connectivity index (χ0v) is 9.21. The van der Waals surface area contributed by atoms with Crippen LogP contribution in [0.5, 0.6) is 0 Å².